The van der Waals surface area contributed by atoms with Crippen molar-refractivity contribution in [3.63, 3.8) is 0 Å². The van der Waals surface area contributed by atoms with Crippen molar-refractivity contribution >= 4 is 54.6 Å². The summed E-state index contributed by atoms with van der Waals surface area (Å²) in [6.07, 6.45) is 7.32. The summed E-state index contributed by atoms with van der Waals surface area (Å²) in [6.45, 7) is 4.42. The molecule has 0 unspecified atom stereocenters. The van der Waals surface area contributed by atoms with Gasteiger partial charge in [0, 0.05) is 55.1 Å². The van der Waals surface area contributed by atoms with Crippen LogP contribution in [-0.4, -0.2) is 18.7 Å². The van der Waals surface area contributed by atoms with Gasteiger partial charge in [0.2, 0.25) is 0 Å². The molecule has 7 heteroatoms. The minimum atomic E-state index is -0.576. The number of benzene rings is 9. The van der Waals surface area contributed by atoms with Crippen molar-refractivity contribution in [3.05, 3.63) is 242 Å². The number of para-hydroxylation sites is 6. The van der Waals surface area contributed by atoms with Gasteiger partial charge in [-0.2, -0.15) is 12.1 Å². The molecular formula is C65H47N5OPt-2. The fourth-order valence-corrected chi connectivity index (χ4v) is 10.3. The number of fused-ring (bicyclic) bond motifs is 7. The van der Waals surface area contributed by atoms with E-state index >= 15 is 0 Å². The van der Waals surface area contributed by atoms with E-state index in [1.807, 2.05) is 60.8 Å². The SMILES string of the molecule is [2H]c1c([2H])c([2H])c(-c2cccc(-c3c([2H])c([2H])c([2H])c([2H])c3[2H])c2-[n+]2[c-]n(-c3[c-]c(Oc4[c-]c5c(c(-n6c7ccccc7c7ccccc76)c4)c4ccccc4n5-c4cc(C(CC)CC)ccn4)ccc3)c3ccccc32)c([2H])c1[2H].[Pt]. The van der Waals surface area contributed by atoms with Crippen LogP contribution in [-0.2, 0) is 21.1 Å². The molecule has 0 saturated carbocycles. The van der Waals surface area contributed by atoms with Crippen LogP contribution >= 0.6 is 0 Å². The Labute approximate surface area is 447 Å². The zero-order chi connectivity index (χ0) is 56.1. The summed E-state index contributed by atoms with van der Waals surface area (Å²) in [5.41, 5.74) is 7.57. The molecule has 13 aromatic rings. The molecule has 0 atom stereocenters. The predicted octanol–water partition coefficient (Wildman–Crippen LogP) is 15.9. The number of hydrogen-bond donors (Lipinski definition) is 0. The van der Waals surface area contributed by atoms with E-state index in [1.54, 1.807) is 27.3 Å². The van der Waals surface area contributed by atoms with Crippen molar-refractivity contribution in [1.29, 1.82) is 0 Å². The van der Waals surface area contributed by atoms with Crippen LogP contribution in [0, 0.1) is 18.5 Å². The number of hydrogen-bond acceptors (Lipinski definition) is 2. The van der Waals surface area contributed by atoms with E-state index in [4.69, 9.17) is 23.4 Å². The van der Waals surface area contributed by atoms with Gasteiger partial charge in [-0.3, -0.25) is 4.57 Å². The van der Waals surface area contributed by atoms with Crippen molar-refractivity contribution in [1.82, 2.24) is 18.7 Å². The first-order valence-electron chi connectivity index (χ1n) is 28.7. The molecule has 4 aromatic heterocycles. The van der Waals surface area contributed by atoms with E-state index in [0.717, 1.165) is 68.0 Å². The van der Waals surface area contributed by atoms with Crippen LogP contribution in [0.5, 0.6) is 11.5 Å². The summed E-state index contributed by atoms with van der Waals surface area (Å²) in [5, 5.41) is 4.18. The molecule has 72 heavy (non-hydrogen) atoms. The van der Waals surface area contributed by atoms with Crippen molar-refractivity contribution in [3.8, 4) is 56.6 Å². The largest absolute Gasteiger partial charge is 0.510 e. The van der Waals surface area contributed by atoms with Crippen molar-refractivity contribution < 1.29 is 44.1 Å². The van der Waals surface area contributed by atoms with Gasteiger partial charge in [0.15, 0.2) is 0 Å². The van der Waals surface area contributed by atoms with Crippen LogP contribution in [0.25, 0.3) is 99.8 Å². The Morgan fingerprint density at radius 1 is 0.583 bits per heavy atom. The molecule has 0 saturated heterocycles. The zero-order valence-corrected chi connectivity index (χ0v) is 41.2. The van der Waals surface area contributed by atoms with E-state index in [2.05, 4.69) is 120 Å². The molecule has 6 nitrogen and oxygen atoms in total. The maximum absolute atomic E-state index is 9.11. The number of pyridine rings is 1. The number of ether oxygens (including phenoxy) is 1. The van der Waals surface area contributed by atoms with Crippen LogP contribution in [0.1, 0.15) is 51.9 Å². The molecular weight excluding hydrogens is 1060 g/mol. The molecule has 0 aliphatic carbocycles. The Hall–Kier alpha value is -8.31. The average molecular weight is 1120 g/mol. The Bertz CT molecular complexity index is 4560. The normalized spacial score (nSPS) is 13.5. The first kappa shape index (κ1) is 34.9. The molecule has 4 heterocycles. The summed E-state index contributed by atoms with van der Waals surface area (Å²) in [5.74, 6) is 1.85. The number of rotatable bonds is 11. The molecule has 0 N–H and O–H groups in total. The monoisotopic (exact) mass is 1120 g/mol. The molecule has 0 spiro atoms. The molecule has 350 valence electrons. The van der Waals surface area contributed by atoms with E-state index in [0.29, 0.717) is 34.1 Å². The van der Waals surface area contributed by atoms with Gasteiger partial charge < -0.3 is 18.4 Å². The van der Waals surface area contributed by atoms with E-state index in [1.165, 1.54) is 5.56 Å². The molecule has 0 amide bonds. The first-order valence-corrected chi connectivity index (χ1v) is 23.7. The summed E-state index contributed by atoms with van der Waals surface area (Å²) in [4.78, 5) is 5.01. The van der Waals surface area contributed by atoms with E-state index in [9.17, 15) is 0 Å². The molecule has 0 aliphatic rings. The number of imidazole rings is 1. The smallest absolute Gasteiger partial charge is 0.268 e. The second-order valence-corrected chi connectivity index (χ2v) is 17.4. The fraction of sp³-hybridized carbons (Fsp3) is 0.0769. The third kappa shape index (κ3) is 7.53. The number of nitrogens with zero attached hydrogens (tertiary/aromatic N) is 5. The quantitative estimate of drug-likeness (QED) is 0.0957. The van der Waals surface area contributed by atoms with Crippen LogP contribution in [0.4, 0.5) is 0 Å². The van der Waals surface area contributed by atoms with Crippen LogP contribution in [0.15, 0.2) is 218 Å². The van der Waals surface area contributed by atoms with Crippen molar-refractivity contribution in [2.24, 2.45) is 0 Å². The van der Waals surface area contributed by atoms with Gasteiger partial charge >= 0.3 is 0 Å². The minimum Gasteiger partial charge on any atom is -0.510 e. The number of aromatic nitrogens is 5. The first-order chi connectivity index (χ1) is 39.3. The third-order valence-electron chi connectivity index (χ3n) is 13.5. The third-order valence-corrected chi connectivity index (χ3v) is 13.5. The summed E-state index contributed by atoms with van der Waals surface area (Å²) in [7, 11) is 0. The van der Waals surface area contributed by atoms with E-state index < -0.39 is 60.4 Å². The second-order valence-electron chi connectivity index (χ2n) is 17.4. The molecule has 0 bridgehead atoms. The van der Waals surface area contributed by atoms with Gasteiger partial charge in [-0.1, -0.05) is 182 Å². The fourth-order valence-electron chi connectivity index (χ4n) is 10.3. The maximum atomic E-state index is 9.11. The van der Waals surface area contributed by atoms with Gasteiger partial charge in [-0.25, -0.2) is 4.98 Å². The summed E-state index contributed by atoms with van der Waals surface area (Å²) in [6, 6.07) is 50.9. The average Bonchev–Trinajstić information content (AvgIpc) is 4.34. The molecule has 13 rings (SSSR count). The molecule has 0 aliphatic heterocycles. The minimum absolute atomic E-state index is 0. The van der Waals surface area contributed by atoms with Gasteiger partial charge in [-0.05, 0) is 93.7 Å². The Balaban J connectivity index is 0.00000665. The van der Waals surface area contributed by atoms with Gasteiger partial charge in [-0.15, -0.1) is 24.3 Å². The Kier molecular flexibility index (Phi) is 9.11. The topological polar surface area (TPSA) is 40.8 Å². The predicted molar refractivity (Wildman–Crippen MR) is 288 cm³/mol. The Morgan fingerprint density at radius 2 is 1.17 bits per heavy atom. The molecule has 0 radical (unpaired) electrons. The zero-order valence-electron chi connectivity index (χ0n) is 49.0. The van der Waals surface area contributed by atoms with Gasteiger partial charge in [0.1, 0.15) is 5.82 Å². The summed E-state index contributed by atoms with van der Waals surface area (Å²) >= 11 is 0. The molecule has 9 aromatic carbocycles. The van der Waals surface area contributed by atoms with E-state index in [-0.39, 0.29) is 49.0 Å². The van der Waals surface area contributed by atoms with Crippen LogP contribution < -0.4 is 9.30 Å². The van der Waals surface area contributed by atoms with Crippen LogP contribution in [0.2, 0.25) is 0 Å². The van der Waals surface area contributed by atoms with Gasteiger partial charge in [0.25, 0.3) is 6.33 Å². The second kappa shape index (κ2) is 18.8. The Morgan fingerprint density at radius 3 is 1.82 bits per heavy atom. The maximum Gasteiger partial charge on any atom is 0.268 e. The standard InChI is InChI=1S/C65H47N5O.Pt/c1-3-44(4-2)47-37-38-66-63(39-47)70-58-34-16-13-29-55(58)64-61(69-56-32-14-11-27-53(56)54-28-12-15-33-57(54)69)41-50(42-62(64)70)71-49-26-19-25-48(40-49)67-43-68(60-36-18-17-35-59(60)67)65-51(45-21-7-5-8-22-45)30-20-31-52(65)46-23-9-6-10-24-46;/h5-39,41,44H,3-4H2,1-2H3;/q-2;/i5D,6D,7D,8D,9D,10D,21D,22D,23D,24D;. The molecule has 0 fully saturated rings. The summed E-state index contributed by atoms with van der Waals surface area (Å²) < 4.78 is 103. The van der Waals surface area contributed by atoms with Crippen LogP contribution in [0.3, 0.4) is 0 Å². The van der Waals surface area contributed by atoms with Crippen molar-refractivity contribution in [2.45, 2.75) is 32.6 Å². The van der Waals surface area contributed by atoms with Gasteiger partial charge in [0.05, 0.1) is 41.5 Å². The van der Waals surface area contributed by atoms with Crippen molar-refractivity contribution in [2.75, 3.05) is 0 Å².